The van der Waals surface area contributed by atoms with Gasteiger partial charge in [0.2, 0.25) is 5.91 Å². The molecule has 0 atom stereocenters. The highest BCUT2D eigenvalue weighted by Gasteiger charge is 2.22. The van der Waals surface area contributed by atoms with Crippen molar-refractivity contribution >= 4 is 5.91 Å². The predicted molar refractivity (Wildman–Crippen MR) is 79.5 cm³/mol. The molecule has 1 aliphatic rings. The van der Waals surface area contributed by atoms with Crippen LogP contribution in [-0.4, -0.2) is 38.8 Å². The molecule has 0 N–H and O–H groups in total. The Morgan fingerprint density at radius 3 is 2.57 bits per heavy atom. The highest BCUT2D eigenvalue weighted by molar-refractivity contribution is 5.73. The van der Waals surface area contributed by atoms with Gasteiger partial charge >= 0.3 is 0 Å². The third-order valence-corrected chi connectivity index (χ3v) is 3.99. The molecule has 0 aliphatic carbocycles. The summed E-state index contributed by atoms with van der Waals surface area (Å²) in [7, 11) is 0. The normalized spacial score (nSPS) is 16.0. The van der Waals surface area contributed by atoms with Crippen LogP contribution in [-0.2, 0) is 4.79 Å². The SMILES string of the molecule is CC(=O)N1CCC(c2cccc(-c3cncnc3)n2)CC1. The second-order valence-corrected chi connectivity index (χ2v) is 5.36. The summed E-state index contributed by atoms with van der Waals surface area (Å²) in [5.74, 6) is 0.585. The fourth-order valence-electron chi connectivity index (χ4n) is 2.76. The van der Waals surface area contributed by atoms with Crippen molar-refractivity contribution in [2.75, 3.05) is 13.1 Å². The summed E-state index contributed by atoms with van der Waals surface area (Å²) < 4.78 is 0. The average molecular weight is 282 g/mol. The van der Waals surface area contributed by atoms with Crippen molar-refractivity contribution in [3.05, 3.63) is 42.6 Å². The van der Waals surface area contributed by atoms with Gasteiger partial charge < -0.3 is 4.90 Å². The first-order valence-corrected chi connectivity index (χ1v) is 7.22. The zero-order valence-corrected chi connectivity index (χ0v) is 12.1. The third-order valence-electron chi connectivity index (χ3n) is 3.99. The maximum Gasteiger partial charge on any atom is 0.219 e. The van der Waals surface area contributed by atoms with Gasteiger partial charge in [0.15, 0.2) is 0 Å². The number of piperidine rings is 1. The molecule has 21 heavy (non-hydrogen) atoms. The van der Waals surface area contributed by atoms with E-state index in [2.05, 4.69) is 16.0 Å². The van der Waals surface area contributed by atoms with E-state index in [0.717, 1.165) is 42.9 Å². The minimum Gasteiger partial charge on any atom is -0.343 e. The van der Waals surface area contributed by atoms with Crippen LogP contribution in [0, 0.1) is 0 Å². The van der Waals surface area contributed by atoms with E-state index < -0.39 is 0 Å². The fraction of sp³-hybridized carbons (Fsp3) is 0.375. The third kappa shape index (κ3) is 3.07. The molecule has 1 saturated heterocycles. The van der Waals surface area contributed by atoms with Crippen molar-refractivity contribution < 1.29 is 4.79 Å². The van der Waals surface area contributed by atoms with Crippen LogP contribution in [0.15, 0.2) is 36.9 Å². The molecule has 2 aromatic heterocycles. The number of nitrogens with zero attached hydrogens (tertiary/aromatic N) is 4. The van der Waals surface area contributed by atoms with Crippen LogP contribution in [0.5, 0.6) is 0 Å². The van der Waals surface area contributed by atoms with E-state index in [9.17, 15) is 4.79 Å². The molecule has 0 unspecified atom stereocenters. The zero-order valence-electron chi connectivity index (χ0n) is 12.1. The second kappa shape index (κ2) is 5.99. The van der Waals surface area contributed by atoms with E-state index in [0.29, 0.717) is 5.92 Å². The molecule has 0 spiro atoms. The van der Waals surface area contributed by atoms with E-state index >= 15 is 0 Å². The number of carbonyl (C=O) groups excluding carboxylic acids is 1. The molecule has 108 valence electrons. The highest BCUT2D eigenvalue weighted by atomic mass is 16.2. The quantitative estimate of drug-likeness (QED) is 0.847. The van der Waals surface area contributed by atoms with Crippen LogP contribution in [0.4, 0.5) is 0 Å². The monoisotopic (exact) mass is 282 g/mol. The van der Waals surface area contributed by atoms with Crippen molar-refractivity contribution in [3.63, 3.8) is 0 Å². The molecule has 0 bridgehead atoms. The first-order valence-electron chi connectivity index (χ1n) is 7.22. The molecular formula is C16H18N4O. The molecule has 2 aromatic rings. The molecule has 5 nitrogen and oxygen atoms in total. The molecule has 0 saturated carbocycles. The Morgan fingerprint density at radius 2 is 1.90 bits per heavy atom. The van der Waals surface area contributed by atoms with Crippen molar-refractivity contribution in [1.29, 1.82) is 0 Å². The van der Waals surface area contributed by atoms with Crippen LogP contribution < -0.4 is 0 Å². The van der Waals surface area contributed by atoms with Crippen LogP contribution in [0.2, 0.25) is 0 Å². The molecule has 1 aliphatic heterocycles. The van der Waals surface area contributed by atoms with Gasteiger partial charge in [-0.1, -0.05) is 6.07 Å². The van der Waals surface area contributed by atoms with Crippen LogP contribution in [0.1, 0.15) is 31.4 Å². The van der Waals surface area contributed by atoms with Crippen molar-refractivity contribution in [1.82, 2.24) is 19.9 Å². The number of carbonyl (C=O) groups is 1. The van der Waals surface area contributed by atoms with Gasteiger partial charge in [0.1, 0.15) is 6.33 Å². The van der Waals surface area contributed by atoms with Crippen LogP contribution in [0.25, 0.3) is 11.3 Å². The number of hydrogen-bond donors (Lipinski definition) is 0. The van der Waals surface area contributed by atoms with Gasteiger partial charge in [-0.2, -0.15) is 0 Å². The first-order chi connectivity index (χ1) is 10.2. The number of likely N-dealkylation sites (tertiary alicyclic amines) is 1. The van der Waals surface area contributed by atoms with Crippen molar-refractivity contribution in [2.45, 2.75) is 25.7 Å². The molecule has 0 radical (unpaired) electrons. The molecular weight excluding hydrogens is 264 g/mol. The molecule has 3 heterocycles. The van der Waals surface area contributed by atoms with Gasteiger partial charge in [-0.05, 0) is 25.0 Å². The van der Waals surface area contributed by atoms with Crippen LogP contribution in [0.3, 0.4) is 0 Å². The van der Waals surface area contributed by atoms with Gasteiger partial charge in [-0.15, -0.1) is 0 Å². The lowest BCUT2D eigenvalue weighted by Gasteiger charge is -2.31. The van der Waals surface area contributed by atoms with Gasteiger partial charge in [0, 0.05) is 49.6 Å². The first kappa shape index (κ1) is 13.7. The Kier molecular flexibility index (Phi) is 3.90. The largest absolute Gasteiger partial charge is 0.343 e. The summed E-state index contributed by atoms with van der Waals surface area (Å²) >= 11 is 0. The Bertz CT molecular complexity index is 621. The number of aromatic nitrogens is 3. The van der Waals surface area contributed by atoms with Gasteiger partial charge in [0.05, 0.1) is 5.69 Å². The summed E-state index contributed by atoms with van der Waals surface area (Å²) in [6, 6.07) is 6.08. The van der Waals surface area contributed by atoms with E-state index in [4.69, 9.17) is 4.98 Å². The summed E-state index contributed by atoms with van der Waals surface area (Å²) in [6.45, 7) is 3.27. The van der Waals surface area contributed by atoms with Crippen molar-refractivity contribution in [2.24, 2.45) is 0 Å². The molecule has 0 aromatic carbocycles. The number of pyridine rings is 1. The van der Waals surface area contributed by atoms with Gasteiger partial charge in [-0.3, -0.25) is 9.78 Å². The summed E-state index contributed by atoms with van der Waals surface area (Å²) in [5.41, 5.74) is 2.93. The Morgan fingerprint density at radius 1 is 1.19 bits per heavy atom. The Balaban J connectivity index is 1.77. The fourth-order valence-corrected chi connectivity index (χ4v) is 2.76. The second-order valence-electron chi connectivity index (χ2n) is 5.36. The minimum atomic E-state index is 0.164. The lowest BCUT2D eigenvalue weighted by atomic mass is 9.92. The van der Waals surface area contributed by atoms with E-state index in [-0.39, 0.29) is 5.91 Å². The number of hydrogen-bond acceptors (Lipinski definition) is 4. The predicted octanol–water partition coefficient (Wildman–Crippen LogP) is 2.26. The standard InChI is InChI=1S/C16H18N4O/c1-12(21)20-7-5-13(6-8-20)15-3-2-4-16(19-15)14-9-17-11-18-10-14/h2-4,9-11,13H,5-8H2,1H3. The molecule has 1 amide bonds. The van der Waals surface area contributed by atoms with Crippen molar-refractivity contribution in [3.8, 4) is 11.3 Å². The molecule has 1 fully saturated rings. The topological polar surface area (TPSA) is 59.0 Å². The van der Waals surface area contributed by atoms with E-state index in [1.165, 1.54) is 6.33 Å². The Labute approximate surface area is 124 Å². The smallest absolute Gasteiger partial charge is 0.219 e. The summed E-state index contributed by atoms with van der Waals surface area (Å²) in [4.78, 5) is 26.1. The van der Waals surface area contributed by atoms with E-state index in [1.54, 1.807) is 19.3 Å². The lowest BCUT2D eigenvalue weighted by Crippen LogP contribution is -2.36. The molecule has 5 heteroatoms. The summed E-state index contributed by atoms with van der Waals surface area (Å²) in [6.07, 6.45) is 7.02. The minimum absolute atomic E-state index is 0.164. The van der Waals surface area contributed by atoms with Crippen LogP contribution >= 0.6 is 0 Å². The Hall–Kier alpha value is -2.30. The summed E-state index contributed by atoms with van der Waals surface area (Å²) in [5, 5.41) is 0. The van der Waals surface area contributed by atoms with Gasteiger partial charge in [-0.25, -0.2) is 9.97 Å². The zero-order chi connectivity index (χ0) is 14.7. The van der Waals surface area contributed by atoms with E-state index in [1.807, 2.05) is 17.0 Å². The number of rotatable bonds is 2. The molecule has 3 rings (SSSR count). The maximum absolute atomic E-state index is 11.4. The average Bonchev–Trinajstić information content (AvgIpc) is 2.56. The maximum atomic E-state index is 11.4. The highest BCUT2D eigenvalue weighted by Crippen LogP contribution is 2.28. The van der Waals surface area contributed by atoms with Gasteiger partial charge in [0.25, 0.3) is 0 Å². The number of amides is 1. The lowest BCUT2D eigenvalue weighted by molar-refractivity contribution is -0.129.